The number of carbonyl (C=O) groups is 1. The lowest BCUT2D eigenvalue weighted by molar-refractivity contribution is -0.122. The fourth-order valence-electron chi connectivity index (χ4n) is 1.60. The highest BCUT2D eigenvalue weighted by molar-refractivity contribution is 7.10. The summed E-state index contributed by atoms with van der Waals surface area (Å²) in [5.41, 5.74) is 5.55. The number of carbonyl (C=O) groups excluding carboxylic acids is 1. The number of hydrogen-bond donors (Lipinski definition) is 2. The Balaban J connectivity index is 2.04. The van der Waals surface area contributed by atoms with Crippen LogP contribution in [0.1, 0.15) is 30.7 Å². The van der Waals surface area contributed by atoms with Gasteiger partial charge in [-0.1, -0.05) is 6.07 Å². The highest BCUT2D eigenvalue weighted by atomic mass is 32.1. The lowest BCUT2D eigenvalue weighted by Gasteiger charge is -2.18. The average molecular weight is 224 g/mol. The van der Waals surface area contributed by atoms with Gasteiger partial charge in [0.05, 0.1) is 12.1 Å². The van der Waals surface area contributed by atoms with E-state index in [4.69, 9.17) is 5.73 Å². The van der Waals surface area contributed by atoms with Crippen LogP contribution in [0.2, 0.25) is 0 Å². The van der Waals surface area contributed by atoms with E-state index in [1.165, 1.54) is 17.7 Å². The molecule has 0 aromatic carbocycles. The van der Waals surface area contributed by atoms with E-state index in [2.05, 4.69) is 11.4 Å². The molecule has 0 aliphatic heterocycles. The maximum absolute atomic E-state index is 11.5. The first-order valence-corrected chi connectivity index (χ1v) is 6.16. The first kappa shape index (κ1) is 10.6. The SMILES string of the molecule is C[C@H](N)C(=O)NC(c1cccs1)C1CC1. The molecule has 0 saturated heterocycles. The van der Waals surface area contributed by atoms with Crippen molar-refractivity contribution in [1.29, 1.82) is 0 Å². The Hall–Kier alpha value is -0.870. The molecule has 1 aromatic heterocycles. The second-order valence-corrected chi connectivity index (χ2v) is 5.11. The summed E-state index contributed by atoms with van der Waals surface area (Å²) in [5.74, 6) is 0.562. The monoisotopic (exact) mass is 224 g/mol. The molecule has 0 spiro atoms. The van der Waals surface area contributed by atoms with Crippen LogP contribution in [0.5, 0.6) is 0 Å². The van der Waals surface area contributed by atoms with Crippen molar-refractivity contribution in [2.24, 2.45) is 11.7 Å². The molecular formula is C11H16N2OS. The van der Waals surface area contributed by atoms with Crippen molar-refractivity contribution in [2.45, 2.75) is 31.8 Å². The first-order chi connectivity index (χ1) is 7.18. The minimum atomic E-state index is -0.425. The van der Waals surface area contributed by atoms with Gasteiger partial charge in [0.15, 0.2) is 0 Å². The van der Waals surface area contributed by atoms with Crippen LogP contribution >= 0.6 is 11.3 Å². The van der Waals surface area contributed by atoms with E-state index in [1.807, 2.05) is 11.4 Å². The third-order valence-corrected chi connectivity index (χ3v) is 3.61. The van der Waals surface area contributed by atoms with Crippen molar-refractivity contribution >= 4 is 17.2 Å². The standard InChI is InChI=1S/C11H16N2OS/c1-7(12)11(14)13-10(8-4-5-8)9-3-2-6-15-9/h2-3,6-8,10H,4-5,12H2,1H3,(H,13,14)/t7-,10?/m0/s1. The third kappa shape index (κ3) is 2.58. The summed E-state index contributed by atoms with van der Waals surface area (Å²) in [4.78, 5) is 12.8. The molecule has 3 N–H and O–H groups in total. The van der Waals surface area contributed by atoms with Crippen LogP contribution in [-0.2, 0) is 4.79 Å². The summed E-state index contributed by atoms with van der Waals surface area (Å²) in [6.07, 6.45) is 2.42. The lowest BCUT2D eigenvalue weighted by atomic mass is 10.1. The van der Waals surface area contributed by atoms with Gasteiger partial charge in [-0.05, 0) is 37.1 Å². The Morgan fingerprint density at radius 2 is 2.40 bits per heavy atom. The largest absolute Gasteiger partial charge is 0.347 e. The van der Waals surface area contributed by atoms with Crippen molar-refractivity contribution in [3.8, 4) is 0 Å². The molecule has 82 valence electrons. The minimum Gasteiger partial charge on any atom is -0.347 e. The van der Waals surface area contributed by atoms with Crippen LogP contribution in [-0.4, -0.2) is 11.9 Å². The van der Waals surface area contributed by atoms with Crippen LogP contribution in [0, 0.1) is 5.92 Å². The van der Waals surface area contributed by atoms with Gasteiger partial charge in [-0.15, -0.1) is 11.3 Å². The number of rotatable bonds is 4. The van der Waals surface area contributed by atoms with Gasteiger partial charge in [0.25, 0.3) is 0 Å². The summed E-state index contributed by atoms with van der Waals surface area (Å²) in [7, 11) is 0. The molecule has 1 fully saturated rings. The van der Waals surface area contributed by atoms with Gasteiger partial charge in [-0.25, -0.2) is 0 Å². The summed E-state index contributed by atoms with van der Waals surface area (Å²) >= 11 is 1.70. The minimum absolute atomic E-state index is 0.0553. The number of hydrogen-bond acceptors (Lipinski definition) is 3. The van der Waals surface area contributed by atoms with E-state index in [1.54, 1.807) is 18.3 Å². The summed E-state index contributed by atoms with van der Waals surface area (Å²) in [6, 6.07) is 3.86. The van der Waals surface area contributed by atoms with Gasteiger partial charge >= 0.3 is 0 Å². The highest BCUT2D eigenvalue weighted by Crippen LogP contribution is 2.42. The van der Waals surface area contributed by atoms with Crippen molar-refractivity contribution in [2.75, 3.05) is 0 Å². The molecule has 1 aliphatic rings. The zero-order valence-electron chi connectivity index (χ0n) is 8.77. The number of thiophene rings is 1. The van der Waals surface area contributed by atoms with Gasteiger partial charge in [0.2, 0.25) is 5.91 Å². The predicted molar refractivity (Wildman–Crippen MR) is 61.6 cm³/mol. The fourth-order valence-corrected chi connectivity index (χ4v) is 2.47. The summed E-state index contributed by atoms with van der Waals surface area (Å²) < 4.78 is 0. The number of amides is 1. The van der Waals surface area contributed by atoms with Crippen LogP contribution in [0.15, 0.2) is 17.5 Å². The van der Waals surface area contributed by atoms with Gasteiger partial charge in [0.1, 0.15) is 0 Å². The van der Waals surface area contributed by atoms with E-state index in [-0.39, 0.29) is 11.9 Å². The Morgan fingerprint density at radius 1 is 1.67 bits per heavy atom. The van der Waals surface area contributed by atoms with E-state index in [9.17, 15) is 4.79 Å². The van der Waals surface area contributed by atoms with Gasteiger partial charge in [0, 0.05) is 4.88 Å². The molecule has 0 bridgehead atoms. The summed E-state index contributed by atoms with van der Waals surface area (Å²) in [5, 5.41) is 5.07. The lowest BCUT2D eigenvalue weighted by Crippen LogP contribution is -2.40. The Bertz CT molecular complexity index is 330. The van der Waals surface area contributed by atoms with Gasteiger partial charge in [-0.2, -0.15) is 0 Å². The van der Waals surface area contributed by atoms with Gasteiger partial charge < -0.3 is 11.1 Å². The Labute approximate surface area is 93.7 Å². The maximum Gasteiger partial charge on any atom is 0.237 e. The Morgan fingerprint density at radius 3 is 2.87 bits per heavy atom. The maximum atomic E-state index is 11.5. The molecule has 1 amide bonds. The normalized spacial score (nSPS) is 19.6. The van der Waals surface area contributed by atoms with Crippen LogP contribution in [0.3, 0.4) is 0 Å². The van der Waals surface area contributed by atoms with Crippen molar-refractivity contribution in [1.82, 2.24) is 5.32 Å². The second kappa shape index (κ2) is 4.33. The third-order valence-electron chi connectivity index (χ3n) is 2.65. The summed E-state index contributed by atoms with van der Waals surface area (Å²) in [6.45, 7) is 1.72. The zero-order chi connectivity index (χ0) is 10.8. The topological polar surface area (TPSA) is 55.1 Å². The molecule has 1 heterocycles. The van der Waals surface area contributed by atoms with Crippen LogP contribution in [0.25, 0.3) is 0 Å². The second-order valence-electron chi connectivity index (χ2n) is 4.13. The van der Waals surface area contributed by atoms with Crippen LogP contribution in [0.4, 0.5) is 0 Å². The van der Waals surface area contributed by atoms with E-state index in [0.29, 0.717) is 5.92 Å². The van der Waals surface area contributed by atoms with Crippen molar-refractivity contribution < 1.29 is 4.79 Å². The molecule has 1 unspecified atom stereocenters. The first-order valence-electron chi connectivity index (χ1n) is 5.28. The van der Waals surface area contributed by atoms with Crippen molar-refractivity contribution in [3.05, 3.63) is 22.4 Å². The quantitative estimate of drug-likeness (QED) is 0.817. The van der Waals surface area contributed by atoms with Crippen LogP contribution < -0.4 is 11.1 Å². The molecule has 2 atom stereocenters. The zero-order valence-corrected chi connectivity index (χ0v) is 9.59. The van der Waals surface area contributed by atoms with E-state index < -0.39 is 6.04 Å². The molecule has 15 heavy (non-hydrogen) atoms. The molecule has 1 aliphatic carbocycles. The highest BCUT2D eigenvalue weighted by Gasteiger charge is 2.34. The molecule has 1 aromatic rings. The molecule has 0 radical (unpaired) electrons. The molecule has 1 saturated carbocycles. The fraction of sp³-hybridized carbons (Fsp3) is 0.545. The number of nitrogens with two attached hydrogens (primary N) is 1. The molecule has 4 heteroatoms. The Kier molecular flexibility index (Phi) is 3.07. The van der Waals surface area contributed by atoms with Gasteiger partial charge in [-0.3, -0.25) is 4.79 Å². The van der Waals surface area contributed by atoms with E-state index >= 15 is 0 Å². The number of nitrogens with one attached hydrogen (secondary N) is 1. The van der Waals surface area contributed by atoms with E-state index in [0.717, 1.165) is 0 Å². The average Bonchev–Trinajstić information content (AvgIpc) is 2.89. The molecular weight excluding hydrogens is 208 g/mol. The van der Waals surface area contributed by atoms with Crippen molar-refractivity contribution in [3.63, 3.8) is 0 Å². The molecule has 3 nitrogen and oxygen atoms in total. The predicted octanol–water partition coefficient (Wildman–Crippen LogP) is 1.66. The molecule has 2 rings (SSSR count). The smallest absolute Gasteiger partial charge is 0.237 e.